The minimum absolute atomic E-state index is 0.508. The average Bonchev–Trinajstić information content (AvgIpc) is 2.02. The van der Waals surface area contributed by atoms with Crippen LogP contribution < -0.4 is 11.1 Å². The number of rotatable bonds is 3. The number of nitrogen functional groups attached to an aromatic ring is 1. The summed E-state index contributed by atoms with van der Waals surface area (Å²) in [5, 5.41) is 3.50. The number of aromatic nitrogens is 1. The van der Waals surface area contributed by atoms with Gasteiger partial charge < -0.3 is 11.1 Å². The minimum Gasteiger partial charge on any atom is -0.397 e. The third kappa shape index (κ3) is 3.24. The highest BCUT2D eigenvalue weighted by atomic mass is 79.9. The van der Waals surface area contributed by atoms with Gasteiger partial charge in [0, 0.05) is 11.0 Å². The molecular weight excluding hydrogens is 253 g/mol. The first-order valence-corrected chi connectivity index (χ1v) is 4.75. The summed E-state index contributed by atoms with van der Waals surface area (Å²) in [6, 6.07) is 1.65. The molecule has 0 saturated heterocycles. The Morgan fingerprint density at radius 3 is 3.00 bits per heavy atom. The van der Waals surface area contributed by atoms with Crippen LogP contribution in [0.4, 0.5) is 11.5 Å². The number of nitrogens with zero attached hydrogens (tertiary/aromatic N) is 1. The molecule has 0 atom stereocenters. The van der Waals surface area contributed by atoms with Gasteiger partial charge in [-0.1, -0.05) is 34.1 Å². The number of hydrogen-bond donors (Lipinski definition) is 2. The monoisotopic (exact) mass is 261 g/mol. The maximum Gasteiger partial charge on any atom is 0.145 e. The molecule has 0 spiro atoms. The van der Waals surface area contributed by atoms with Crippen LogP contribution in [-0.4, -0.2) is 11.5 Å². The molecule has 1 rings (SSSR count). The predicted octanol–water partition coefficient (Wildman–Crippen LogP) is 2.64. The standard InChI is InChI=1S/C8H9BrClN3/c1-5(9)3-12-8-7(10)2-6(11)4-13-8/h2,4H,1,3,11H2,(H,12,13). The summed E-state index contributed by atoms with van der Waals surface area (Å²) in [4.78, 5) is 4.02. The summed E-state index contributed by atoms with van der Waals surface area (Å²) < 4.78 is 0.835. The van der Waals surface area contributed by atoms with Gasteiger partial charge in [0.05, 0.1) is 16.9 Å². The molecule has 0 saturated carbocycles. The van der Waals surface area contributed by atoms with E-state index in [4.69, 9.17) is 17.3 Å². The molecule has 0 amide bonds. The van der Waals surface area contributed by atoms with Gasteiger partial charge >= 0.3 is 0 Å². The van der Waals surface area contributed by atoms with Crippen molar-refractivity contribution in [1.29, 1.82) is 0 Å². The number of halogens is 2. The van der Waals surface area contributed by atoms with Gasteiger partial charge in [0.2, 0.25) is 0 Å². The second kappa shape index (κ2) is 4.48. The van der Waals surface area contributed by atoms with Gasteiger partial charge in [0.1, 0.15) is 5.82 Å². The molecule has 0 fully saturated rings. The first-order chi connectivity index (χ1) is 6.09. The van der Waals surface area contributed by atoms with Gasteiger partial charge in [0.25, 0.3) is 0 Å². The second-order valence-corrected chi connectivity index (χ2v) is 4.00. The van der Waals surface area contributed by atoms with Crippen LogP contribution >= 0.6 is 27.5 Å². The van der Waals surface area contributed by atoms with E-state index in [0.717, 1.165) is 4.48 Å². The Bertz CT molecular complexity index is 327. The number of nitrogens with two attached hydrogens (primary N) is 1. The molecule has 0 unspecified atom stereocenters. The summed E-state index contributed by atoms with van der Waals surface area (Å²) in [7, 11) is 0. The van der Waals surface area contributed by atoms with Crippen molar-refractivity contribution < 1.29 is 0 Å². The average molecular weight is 263 g/mol. The van der Waals surface area contributed by atoms with Gasteiger partial charge in [0.15, 0.2) is 0 Å². The Balaban J connectivity index is 2.72. The lowest BCUT2D eigenvalue weighted by Crippen LogP contribution is -2.03. The van der Waals surface area contributed by atoms with Gasteiger partial charge in [-0.15, -0.1) is 0 Å². The smallest absolute Gasteiger partial charge is 0.145 e. The molecule has 1 aromatic rings. The SMILES string of the molecule is C=C(Br)CNc1ncc(N)cc1Cl. The molecule has 13 heavy (non-hydrogen) atoms. The molecule has 0 aromatic carbocycles. The predicted molar refractivity (Wildman–Crippen MR) is 60.2 cm³/mol. The fraction of sp³-hybridized carbons (Fsp3) is 0.125. The van der Waals surface area contributed by atoms with Crippen molar-refractivity contribution in [1.82, 2.24) is 4.98 Å². The molecule has 0 aliphatic heterocycles. The lowest BCUT2D eigenvalue weighted by atomic mass is 10.4. The van der Waals surface area contributed by atoms with Crippen LogP contribution in [0, 0.1) is 0 Å². The normalized spacial score (nSPS) is 9.69. The second-order valence-electron chi connectivity index (χ2n) is 2.47. The number of hydrogen-bond acceptors (Lipinski definition) is 3. The van der Waals surface area contributed by atoms with Crippen LogP contribution in [0.25, 0.3) is 0 Å². The zero-order valence-corrected chi connectivity index (χ0v) is 9.19. The molecule has 70 valence electrons. The van der Waals surface area contributed by atoms with Crippen LogP contribution in [0.15, 0.2) is 23.3 Å². The Kier molecular flexibility index (Phi) is 3.57. The number of nitrogens with one attached hydrogen (secondary N) is 1. The molecule has 5 heteroatoms. The van der Waals surface area contributed by atoms with E-state index in [2.05, 4.69) is 32.8 Å². The van der Waals surface area contributed by atoms with Crippen LogP contribution in [0.5, 0.6) is 0 Å². The highest BCUT2D eigenvalue weighted by Crippen LogP contribution is 2.21. The van der Waals surface area contributed by atoms with E-state index in [1.165, 1.54) is 0 Å². The number of pyridine rings is 1. The van der Waals surface area contributed by atoms with E-state index in [-0.39, 0.29) is 0 Å². The van der Waals surface area contributed by atoms with Gasteiger partial charge in [-0.05, 0) is 6.07 Å². The van der Waals surface area contributed by atoms with E-state index in [9.17, 15) is 0 Å². The third-order valence-corrected chi connectivity index (χ3v) is 1.88. The maximum absolute atomic E-state index is 5.86. The minimum atomic E-state index is 0.508. The van der Waals surface area contributed by atoms with Crippen LogP contribution in [0.2, 0.25) is 5.02 Å². The Morgan fingerprint density at radius 1 is 1.77 bits per heavy atom. The number of anilines is 2. The molecule has 1 heterocycles. The van der Waals surface area contributed by atoms with Crippen molar-refractivity contribution in [3.8, 4) is 0 Å². The lowest BCUT2D eigenvalue weighted by molar-refractivity contribution is 1.23. The van der Waals surface area contributed by atoms with Crippen LogP contribution in [-0.2, 0) is 0 Å². The quantitative estimate of drug-likeness (QED) is 0.880. The topological polar surface area (TPSA) is 50.9 Å². The van der Waals surface area contributed by atoms with Crippen molar-refractivity contribution in [2.75, 3.05) is 17.6 Å². The van der Waals surface area contributed by atoms with E-state index in [1.807, 2.05) is 0 Å². The summed E-state index contributed by atoms with van der Waals surface area (Å²) >= 11 is 9.08. The van der Waals surface area contributed by atoms with Gasteiger partial charge in [-0.25, -0.2) is 4.98 Å². The molecule has 0 aliphatic carbocycles. The summed E-state index contributed by atoms with van der Waals surface area (Å²) in [5.41, 5.74) is 6.03. The van der Waals surface area contributed by atoms with E-state index in [0.29, 0.717) is 23.1 Å². The summed E-state index contributed by atoms with van der Waals surface area (Å²) in [6.45, 7) is 4.26. The summed E-state index contributed by atoms with van der Waals surface area (Å²) in [6.07, 6.45) is 1.55. The van der Waals surface area contributed by atoms with Crippen molar-refractivity contribution >= 4 is 39.0 Å². The first kappa shape index (κ1) is 10.3. The highest BCUT2D eigenvalue weighted by Gasteiger charge is 2.00. The van der Waals surface area contributed by atoms with Crippen molar-refractivity contribution in [2.24, 2.45) is 0 Å². The first-order valence-electron chi connectivity index (χ1n) is 3.58. The zero-order valence-electron chi connectivity index (χ0n) is 6.85. The molecule has 0 bridgehead atoms. The molecule has 1 aromatic heterocycles. The molecule has 3 nitrogen and oxygen atoms in total. The lowest BCUT2D eigenvalue weighted by Gasteiger charge is -2.06. The van der Waals surface area contributed by atoms with E-state index < -0.39 is 0 Å². The van der Waals surface area contributed by atoms with Gasteiger partial charge in [-0.3, -0.25) is 0 Å². The van der Waals surface area contributed by atoms with Crippen molar-refractivity contribution in [3.63, 3.8) is 0 Å². The zero-order chi connectivity index (χ0) is 9.84. The van der Waals surface area contributed by atoms with Gasteiger partial charge in [-0.2, -0.15) is 0 Å². The fourth-order valence-electron chi connectivity index (χ4n) is 0.762. The Labute approximate surface area is 90.1 Å². The largest absolute Gasteiger partial charge is 0.397 e. The molecule has 3 N–H and O–H groups in total. The fourth-order valence-corrected chi connectivity index (χ4v) is 1.14. The summed E-state index contributed by atoms with van der Waals surface area (Å²) in [5.74, 6) is 0.608. The van der Waals surface area contributed by atoms with Crippen molar-refractivity contribution in [2.45, 2.75) is 0 Å². The maximum atomic E-state index is 5.86. The Hall–Kier alpha value is -0.740. The van der Waals surface area contributed by atoms with Crippen molar-refractivity contribution in [3.05, 3.63) is 28.3 Å². The molecular formula is C8H9BrClN3. The van der Waals surface area contributed by atoms with E-state index >= 15 is 0 Å². The highest BCUT2D eigenvalue weighted by molar-refractivity contribution is 9.11. The van der Waals surface area contributed by atoms with Crippen LogP contribution in [0.1, 0.15) is 0 Å². The van der Waals surface area contributed by atoms with Crippen LogP contribution in [0.3, 0.4) is 0 Å². The molecule has 0 radical (unpaired) electrons. The third-order valence-electron chi connectivity index (χ3n) is 1.31. The van der Waals surface area contributed by atoms with E-state index in [1.54, 1.807) is 12.3 Å². The Morgan fingerprint density at radius 2 is 2.46 bits per heavy atom. The molecule has 0 aliphatic rings.